The predicted octanol–water partition coefficient (Wildman–Crippen LogP) is 2.79. The van der Waals surface area contributed by atoms with E-state index in [0.717, 1.165) is 29.7 Å². The van der Waals surface area contributed by atoms with Gasteiger partial charge in [0.2, 0.25) is 5.91 Å². The molecule has 0 fully saturated rings. The first-order valence-electron chi connectivity index (χ1n) is 6.72. The minimum Gasteiger partial charge on any atom is -0.322 e. The van der Waals surface area contributed by atoms with Gasteiger partial charge in [0.05, 0.1) is 5.69 Å². The summed E-state index contributed by atoms with van der Waals surface area (Å²) in [5.41, 5.74) is 1.98. The molecule has 1 unspecified atom stereocenters. The molecule has 1 atom stereocenters. The summed E-state index contributed by atoms with van der Waals surface area (Å²) in [7, 11) is 0. The highest BCUT2D eigenvalue weighted by Gasteiger charge is 2.26. The van der Waals surface area contributed by atoms with Gasteiger partial charge in [-0.05, 0) is 29.7 Å². The number of halogens is 2. The summed E-state index contributed by atoms with van der Waals surface area (Å²) in [4.78, 5) is 12.3. The van der Waals surface area contributed by atoms with Crippen LogP contribution in [0.3, 0.4) is 0 Å². The van der Waals surface area contributed by atoms with Gasteiger partial charge in [-0.25, -0.2) is 8.78 Å². The van der Waals surface area contributed by atoms with Gasteiger partial charge in [-0.2, -0.15) is 0 Å². The summed E-state index contributed by atoms with van der Waals surface area (Å²) in [5.74, 6) is -1.81. The van der Waals surface area contributed by atoms with Crippen molar-refractivity contribution >= 4 is 11.6 Å². The highest BCUT2D eigenvalue weighted by molar-refractivity contribution is 5.96. The van der Waals surface area contributed by atoms with Gasteiger partial charge in [0, 0.05) is 12.6 Å². The van der Waals surface area contributed by atoms with Gasteiger partial charge in [0.25, 0.3) is 0 Å². The normalized spacial score (nSPS) is 17.1. The average molecular weight is 288 g/mol. The van der Waals surface area contributed by atoms with E-state index < -0.39 is 17.7 Å². The molecule has 21 heavy (non-hydrogen) atoms. The molecule has 1 aliphatic heterocycles. The van der Waals surface area contributed by atoms with Gasteiger partial charge in [-0.3, -0.25) is 4.79 Å². The second kappa shape index (κ2) is 5.61. The molecule has 5 heteroatoms. The Morgan fingerprint density at radius 3 is 2.81 bits per heavy atom. The predicted molar refractivity (Wildman–Crippen MR) is 75.9 cm³/mol. The fourth-order valence-corrected chi connectivity index (χ4v) is 2.53. The zero-order valence-electron chi connectivity index (χ0n) is 11.2. The quantitative estimate of drug-likeness (QED) is 0.892. The Hall–Kier alpha value is -2.27. The topological polar surface area (TPSA) is 41.1 Å². The Bertz CT molecular complexity index is 688. The average Bonchev–Trinajstić information content (AvgIpc) is 2.49. The lowest BCUT2D eigenvalue weighted by Crippen LogP contribution is -2.38. The van der Waals surface area contributed by atoms with E-state index in [0.29, 0.717) is 6.54 Å². The highest BCUT2D eigenvalue weighted by atomic mass is 19.1. The van der Waals surface area contributed by atoms with Crippen LogP contribution in [0.15, 0.2) is 42.5 Å². The lowest BCUT2D eigenvalue weighted by molar-refractivity contribution is -0.118. The van der Waals surface area contributed by atoms with E-state index in [1.54, 1.807) is 0 Å². The monoisotopic (exact) mass is 288 g/mol. The van der Waals surface area contributed by atoms with Crippen molar-refractivity contribution in [2.75, 3.05) is 11.9 Å². The van der Waals surface area contributed by atoms with Crippen molar-refractivity contribution in [3.05, 3.63) is 65.2 Å². The van der Waals surface area contributed by atoms with E-state index >= 15 is 0 Å². The Labute approximate surface area is 121 Å². The van der Waals surface area contributed by atoms with Crippen molar-refractivity contribution in [2.45, 2.75) is 12.5 Å². The van der Waals surface area contributed by atoms with Crippen molar-refractivity contribution in [1.29, 1.82) is 0 Å². The van der Waals surface area contributed by atoms with Crippen molar-refractivity contribution in [3.8, 4) is 0 Å². The molecule has 1 aliphatic rings. The van der Waals surface area contributed by atoms with E-state index in [-0.39, 0.29) is 11.6 Å². The summed E-state index contributed by atoms with van der Waals surface area (Å²) in [6.07, 6.45) is 0.852. The maximum absolute atomic E-state index is 13.6. The lowest BCUT2D eigenvalue weighted by atomic mass is 9.94. The molecule has 2 aromatic carbocycles. The number of nitrogens with one attached hydrogen (secondary N) is 2. The van der Waals surface area contributed by atoms with Crippen LogP contribution >= 0.6 is 0 Å². The molecule has 1 amide bonds. The first kappa shape index (κ1) is 13.7. The molecule has 0 saturated carbocycles. The van der Waals surface area contributed by atoms with Gasteiger partial charge in [0.1, 0.15) is 17.7 Å². The number of anilines is 1. The molecule has 3 nitrogen and oxygen atoms in total. The van der Waals surface area contributed by atoms with Crippen LogP contribution in [0.1, 0.15) is 17.2 Å². The lowest BCUT2D eigenvalue weighted by Gasteiger charge is -2.26. The highest BCUT2D eigenvalue weighted by Crippen LogP contribution is 2.24. The fraction of sp³-hybridized carbons (Fsp3) is 0.188. The number of rotatable bonds is 2. The van der Waals surface area contributed by atoms with Crippen molar-refractivity contribution in [3.63, 3.8) is 0 Å². The van der Waals surface area contributed by atoms with E-state index in [2.05, 4.69) is 10.6 Å². The zero-order chi connectivity index (χ0) is 14.8. The number of carbonyl (C=O) groups excluding carboxylic acids is 1. The molecule has 0 aliphatic carbocycles. The van der Waals surface area contributed by atoms with Gasteiger partial charge in [-0.1, -0.05) is 24.3 Å². The van der Waals surface area contributed by atoms with E-state index in [4.69, 9.17) is 0 Å². The molecule has 0 spiro atoms. The van der Waals surface area contributed by atoms with Gasteiger partial charge in [0.15, 0.2) is 0 Å². The smallest absolute Gasteiger partial charge is 0.246 e. The Kier molecular flexibility index (Phi) is 3.66. The molecule has 1 heterocycles. The zero-order valence-corrected chi connectivity index (χ0v) is 11.2. The summed E-state index contributed by atoms with van der Waals surface area (Å²) in [6, 6.07) is 10.2. The van der Waals surface area contributed by atoms with Crippen LogP contribution in [0, 0.1) is 11.6 Å². The molecule has 3 rings (SSSR count). The van der Waals surface area contributed by atoms with E-state index in [9.17, 15) is 13.6 Å². The second-order valence-corrected chi connectivity index (χ2v) is 4.95. The molecular formula is C16H14F2N2O. The Balaban J connectivity index is 1.83. The Morgan fingerprint density at radius 2 is 2.00 bits per heavy atom. The minimum atomic E-state index is -0.785. The van der Waals surface area contributed by atoms with E-state index in [1.807, 2.05) is 24.3 Å². The van der Waals surface area contributed by atoms with E-state index in [1.165, 1.54) is 6.07 Å². The first-order valence-corrected chi connectivity index (χ1v) is 6.72. The van der Waals surface area contributed by atoms with Crippen LogP contribution in [-0.4, -0.2) is 12.5 Å². The molecule has 0 aromatic heterocycles. The number of benzene rings is 2. The van der Waals surface area contributed by atoms with Crippen LogP contribution < -0.4 is 10.6 Å². The maximum atomic E-state index is 13.6. The van der Waals surface area contributed by atoms with Crippen LogP contribution in [-0.2, 0) is 11.2 Å². The fourth-order valence-electron chi connectivity index (χ4n) is 2.53. The van der Waals surface area contributed by atoms with Crippen LogP contribution in [0.25, 0.3) is 0 Å². The van der Waals surface area contributed by atoms with Crippen LogP contribution in [0.5, 0.6) is 0 Å². The summed E-state index contributed by atoms with van der Waals surface area (Å²) in [6.45, 7) is 0.682. The molecular weight excluding hydrogens is 274 g/mol. The third-order valence-corrected chi connectivity index (χ3v) is 3.56. The maximum Gasteiger partial charge on any atom is 0.246 e. The number of carbonyl (C=O) groups is 1. The minimum absolute atomic E-state index is 0.0220. The molecule has 2 N–H and O–H groups in total. The standard InChI is InChI=1S/C16H14F2N2O/c17-11-5-6-14(13(18)9-11)20-16(21)15-12-4-2-1-3-10(12)7-8-19-15/h1-6,9,15,19H,7-8H2,(H,20,21). The second-order valence-electron chi connectivity index (χ2n) is 4.95. The number of amides is 1. The summed E-state index contributed by atoms with van der Waals surface area (Å²) >= 11 is 0. The van der Waals surface area contributed by atoms with Crippen molar-refractivity contribution in [2.24, 2.45) is 0 Å². The summed E-state index contributed by atoms with van der Waals surface area (Å²) < 4.78 is 26.5. The van der Waals surface area contributed by atoms with Crippen molar-refractivity contribution < 1.29 is 13.6 Å². The molecule has 108 valence electrons. The SMILES string of the molecule is O=C(Nc1ccc(F)cc1F)C1NCCc2ccccc21. The number of hydrogen-bond acceptors (Lipinski definition) is 2. The molecule has 0 saturated heterocycles. The number of hydrogen-bond donors (Lipinski definition) is 2. The summed E-state index contributed by atoms with van der Waals surface area (Å²) in [5, 5.41) is 5.62. The third-order valence-electron chi connectivity index (χ3n) is 3.56. The van der Waals surface area contributed by atoms with Crippen molar-refractivity contribution in [1.82, 2.24) is 5.32 Å². The molecule has 2 aromatic rings. The third kappa shape index (κ3) is 2.78. The largest absolute Gasteiger partial charge is 0.322 e. The van der Waals surface area contributed by atoms with Crippen LogP contribution in [0.2, 0.25) is 0 Å². The van der Waals surface area contributed by atoms with Gasteiger partial charge >= 0.3 is 0 Å². The van der Waals surface area contributed by atoms with Gasteiger partial charge in [-0.15, -0.1) is 0 Å². The number of fused-ring (bicyclic) bond motifs is 1. The molecule has 0 radical (unpaired) electrons. The molecule has 0 bridgehead atoms. The first-order chi connectivity index (χ1) is 10.1. The van der Waals surface area contributed by atoms with Crippen LogP contribution in [0.4, 0.5) is 14.5 Å². The Morgan fingerprint density at radius 1 is 1.19 bits per heavy atom. The van der Waals surface area contributed by atoms with Gasteiger partial charge < -0.3 is 10.6 Å².